The Morgan fingerprint density at radius 2 is 0.846 bits per heavy atom. The SMILES string of the molecule is CNC(=O)CCCC(=O)N[C@H](C(=O)N[C@@H](CCCCNC(=O)CCOCCOCCOCCOCCOCCOCCOCCOCCOCCOCCOCCOCCOCCOCCOCCOCCOCCOCCOCCOCCOCCOCCOCCOC)C(=O)NCc1ccc([C@H]2O[C@@H]2[C@@H](C)[C@@H]2C/C=C/C(=O)N[C@H](Cc3ccc(OC)c(Cl)c3)C(=O)NCC(C)(C)C(=O)O[C@@H](CC(C)C)C(=O)O2)cc1)C(C)C. The van der Waals surface area contributed by atoms with Crippen molar-refractivity contribution < 1.29 is 176 Å². The molecule has 4 rings (SSSR count). The zero-order chi connectivity index (χ0) is 108. The number of methoxy groups -OCH3 is 2. The van der Waals surface area contributed by atoms with E-state index in [0.717, 1.165) is 11.1 Å². The van der Waals surface area contributed by atoms with Crippen LogP contribution in [0.4, 0.5) is 0 Å². The first-order chi connectivity index (χ1) is 72.5. The molecular weight excluding hydrogens is 1970 g/mol. The van der Waals surface area contributed by atoms with Crippen LogP contribution < -0.4 is 42.0 Å². The van der Waals surface area contributed by atoms with E-state index in [2.05, 4.69) is 37.2 Å². The molecule has 856 valence electrons. The fraction of sp³-hybridized carbons (Fsp3) is 0.779. The summed E-state index contributed by atoms with van der Waals surface area (Å²) in [6.45, 7) is 33.7. The summed E-state index contributed by atoms with van der Waals surface area (Å²) in [6.07, 6.45) is 1.68. The number of benzene rings is 2. The molecule has 0 unspecified atom stereocenters. The van der Waals surface area contributed by atoms with Gasteiger partial charge in [0.05, 0.1) is 334 Å². The van der Waals surface area contributed by atoms with Gasteiger partial charge in [-0.15, -0.1) is 0 Å². The van der Waals surface area contributed by atoms with Gasteiger partial charge in [0.1, 0.15) is 36.1 Å². The number of ether oxygens (including phenoxy) is 28. The standard InChI is InChI=1S/C104H176ClN7O37/c1-80(2)75-91-102(120)147-89(16-13-18-94(115)110-88(77-84-22-25-90(123-10)86(105)76-84)100(118)109-79-104(6,7)103(121)148-91)82(5)97-98(149-97)85-23-20-83(21-24-85)78-108-99(117)87(111-101(119)96(81(3)4)112-95(116)19-14-17-92(113)106-8)15-11-12-27-107-93(114)26-28-124-31-32-126-35-36-128-39-40-130-43-44-132-47-48-134-51-52-136-55-56-138-59-60-140-63-64-142-67-68-144-71-72-146-74-73-145-70-69-143-66-65-141-62-61-139-58-57-137-54-53-135-50-49-133-46-45-131-42-41-129-38-37-127-34-33-125-30-29-122-9/h13,18,20-25,76,80-82,87-89,91,96-98H,11-12,14-17,19,26-75,77-79H2,1-10H3,(H,106,113)(H,107,114)(H,108,117)(H,109,118)(H,110,115)(H,111,119)(H,112,116)/b18-13+/t82-,87-,88+,89-,91-,96-,97+,98+/m0/s1. The van der Waals surface area contributed by atoms with Crippen molar-refractivity contribution in [3.63, 3.8) is 0 Å². The van der Waals surface area contributed by atoms with Crippen molar-refractivity contribution in [1.82, 2.24) is 37.2 Å². The number of carbonyl (C=O) groups is 9. The van der Waals surface area contributed by atoms with Crippen LogP contribution in [0.5, 0.6) is 5.75 Å². The van der Waals surface area contributed by atoms with Crippen molar-refractivity contribution in [2.24, 2.45) is 23.2 Å². The molecule has 1 saturated heterocycles. The number of nitrogens with one attached hydrogen (secondary N) is 7. The van der Waals surface area contributed by atoms with Gasteiger partial charge in [-0.3, -0.25) is 38.4 Å². The highest BCUT2D eigenvalue weighted by atomic mass is 35.5. The number of epoxide rings is 1. The Balaban J connectivity index is 0.936. The number of hydrogen-bond acceptors (Lipinski definition) is 37. The Bertz CT molecular complexity index is 3800. The molecule has 149 heavy (non-hydrogen) atoms. The maximum absolute atomic E-state index is 14.1. The van der Waals surface area contributed by atoms with E-state index in [9.17, 15) is 43.2 Å². The summed E-state index contributed by atoms with van der Waals surface area (Å²) in [6, 6.07) is 9.31. The molecular formula is C104H176ClN7O37. The molecule has 2 aromatic carbocycles. The van der Waals surface area contributed by atoms with Crippen LogP contribution in [0.2, 0.25) is 5.02 Å². The second-order valence-corrected chi connectivity index (χ2v) is 36.3. The number of esters is 2. The third-order valence-corrected chi connectivity index (χ3v) is 22.7. The highest BCUT2D eigenvalue weighted by molar-refractivity contribution is 6.32. The third-order valence-electron chi connectivity index (χ3n) is 22.4. The Morgan fingerprint density at radius 1 is 0.450 bits per heavy atom. The van der Waals surface area contributed by atoms with E-state index in [0.29, 0.717) is 333 Å². The smallest absolute Gasteiger partial charge is 0.347 e. The minimum atomic E-state index is -1.31. The predicted octanol–water partition coefficient (Wildman–Crippen LogP) is 4.99. The summed E-state index contributed by atoms with van der Waals surface area (Å²) in [5.41, 5.74) is 0.848. The van der Waals surface area contributed by atoms with Gasteiger partial charge in [-0.25, -0.2) is 4.79 Å². The van der Waals surface area contributed by atoms with Crippen molar-refractivity contribution in [2.45, 2.75) is 162 Å². The molecule has 44 nitrogen and oxygen atoms in total. The van der Waals surface area contributed by atoms with Crippen molar-refractivity contribution >= 4 is 64.9 Å². The second-order valence-electron chi connectivity index (χ2n) is 35.9. The van der Waals surface area contributed by atoms with E-state index in [1.165, 1.54) is 20.2 Å². The summed E-state index contributed by atoms with van der Waals surface area (Å²) in [7, 11) is 4.63. The van der Waals surface area contributed by atoms with Gasteiger partial charge in [0.2, 0.25) is 41.4 Å². The van der Waals surface area contributed by atoms with Gasteiger partial charge in [0.15, 0.2) is 6.10 Å². The van der Waals surface area contributed by atoms with E-state index in [-0.39, 0.29) is 101 Å². The fourth-order valence-electron chi connectivity index (χ4n) is 13.8. The summed E-state index contributed by atoms with van der Waals surface area (Å²) in [5, 5.41) is 19.9. The molecule has 45 heteroatoms. The van der Waals surface area contributed by atoms with Gasteiger partial charge in [-0.2, -0.15) is 0 Å². The Labute approximate surface area is 885 Å². The van der Waals surface area contributed by atoms with Gasteiger partial charge in [-0.05, 0) is 92.7 Å². The molecule has 0 spiro atoms. The highest BCUT2D eigenvalue weighted by Crippen LogP contribution is 2.45. The third kappa shape index (κ3) is 70.5. The number of hydrogen-bond donors (Lipinski definition) is 7. The van der Waals surface area contributed by atoms with Crippen LogP contribution in [0.25, 0.3) is 0 Å². The average Bonchev–Trinajstić information content (AvgIpc) is 1.63. The molecule has 0 aromatic heterocycles. The largest absolute Gasteiger partial charge is 0.495 e. The summed E-state index contributed by atoms with van der Waals surface area (Å²) in [4.78, 5) is 121. The number of unbranched alkanes of at least 4 members (excludes halogenated alkanes) is 1. The lowest BCUT2D eigenvalue weighted by atomic mass is 9.92. The quantitative estimate of drug-likeness (QED) is 0.0260. The maximum Gasteiger partial charge on any atom is 0.347 e. The Hall–Kier alpha value is -7.50. The number of cyclic esters (lactones) is 2. The number of rotatable bonds is 96. The molecule has 2 aliphatic heterocycles. The zero-order valence-corrected chi connectivity index (χ0v) is 90.6. The molecule has 2 aliphatic rings. The number of carbonyl (C=O) groups excluding carboxylic acids is 9. The molecule has 0 aliphatic carbocycles. The van der Waals surface area contributed by atoms with Crippen LogP contribution in [0.15, 0.2) is 54.6 Å². The van der Waals surface area contributed by atoms with Gasteiger partial charge < -0.3 is 170 Å². The Morgan fingerprint density at radius 3 is 1.23 bits per heavy atom. The van der Waals surface area contributed by atoms with E-state index in [1.807, 2.05) is 45.0 Å². The molecule has 0 radical (unpaired) electrons. The first-order valence-electron chi connectivity index (χ1n) is 52.3. The summed E-state index contributed by atoms with van der Waals surface area (Å²) in [5.74, 6) is -5.03. The van der Waals surface area contributed by atoms with Crippen LogP contribution in [-0.4, -0.2) is 435 Å². The Kier molecular flexibility index (Phi) is 80.6. The van der Waals surface area contributed by atoms with Gasteiger partial charge in [0.25, 0.3) is 0 Å². The minimum Gasteiger partial charge on any atom is -0.495 e. The van der Waals surface area contributed by atoms with Gasteiger partial charge >= 0.3 is 11.9 Å². The van der Waals surface area contributed by atoms with E-state index in [4.69, 9.17) is 144 Å². The topological polar surface area (TPSA) is 500 Å². The number of amides is 7. The lowest BCUT2D eigenvalue weighted by Gasteiger charge is -2.29. The normalized spacial score (nSPS) is 16.9. The zero-order valence-electron chi connectivity index (χ0n) is 89.9. The van der Waals surface area contributed by atoms with Crippen LogP contribution in [0.3, 0.4) is 0 Å². The summed E-state index contributed by atoms with van der Waals surface area (Å²) < 4.78 is 156. The molecule has 2 heterocycles. The van der Waals surface area contributed by atoms with Gasteiger partial charge in [-0.1, -0.05) is 82.6 Å². The van der Waals surface area contributed by atoms with E-state index < -0.39 is 95.3 Å². The average molecular weight is 2150 g/mol. The van der Waals surface area contributed by atoms with Crippen molar-refractivity contribution in [3.8, 4) is 5.75 Å². The first-order valence-corrected chi connectivity index (χ1v) is 52.7. The molecule has 7 amide bonds. The van der Waals surface area contributed by atoms with Crippen LogP contribution in [0.1, 0.15) is 129 Å². The van der Waals surface area contributed by atoms with E-state index in [1.54, 1.807) is 59.1 Å². The molecule has 0 bridgehead atoms. The number of halogens is 1. The maximum atomic E-state index is 14.1. The second kappa shape index (κ2) is 89.8. The summed E-state index contributed by atoms with van der Waals surface area (Å²) >= 11 is 6.43. The van der Waals surface area contributed by atoms with Crippen molar-refractivity contribution in [2.75, 3.05) is 345 Å². The molecule has 7 N–H and O–H groups in total. The molecule has 2 aromatic rings. The van der Waals surface area contributed by atoms with Crippen LogP contribution >= 0.6 is 11.6 Å². The lowest BCUT2D eigenvalue weighted by Crippen LogP contribution is -2.55. The van der Waals surface area contributed by atoms with Crippen molar-refractivity contribution in [1.29, 1.82) is 0 Å². The van der Waals surface area contributed by atoms with Gasteiger partial charge in [0, 0.05) is 71.8 Å². The van der Waals surface area contributed by atoms with Crippen molar-refractivity contribution in [3.05, 3.63) is 76.3 Å². The van der Waals surface area contributed by atoms with E-state index >= 15 is 0 Å². The highest BCUT2D eigenvalue weighted by Gasteiger charge is 2.48. The minimum absolute atomic E-state index is 0.0106. The molecule has 8 atom stereocenters. The first kappa shape index (κ1) is 134. The fourth-order valence-corrected chi connectivity index (χ4v) is 14.1. The molecule has 0 saturated carbocycles. The van der Waals surface area contributed by atoms with Crippen LogP contribution in [-0.2, 0) is 184 Å². The lowest BCUT2D eigenvalue weighted by molar-refractivity contribution is -0.179. The van der Waals surface area contributed by atoms with Crippen LogP contribution in [0, 0.1) is 23.2 Å². The monoisotopic (exact) mass is 2150 g/mol. The predicted molar refractivity (Wildman–Crippen MR) is 547 cm³/mol. The molecule has 1 fully saturated rings.